The highest BCUT2D eigenvalue weighted by molar-refractivity contribution is 6.20. The van der Waals surface area contributed by atoms with Gasteiger partial charge in [0.05, 0.1) is 23.2 Å². The molecule has 1 aliphatic carbocycles. The first-order chi connectivity index (χ1) is 26.0. The minimum absolute atomic E-state index is 0.0187. The number of H-pyrrole nitrogens is 1. The number of rotatable bonds is 12. The van der Waals surface area contributed by atoms with Crippen LogP contribution in [-0.2, 0) is 28.0 Å². The Labute approximate surface area is 316 Å². The molecule has 2 aliphatic heterocycles. The molecule has 3 aliphatic rings. The lowest BCUT2D eigenvalue weighted by Crippen LogP contribution is -2.49. The molecule has 2 saturated heterocycles. The molecule has 284 valence electrons. The highest BCUT2D eigenvalue weighted by Gasteiger charge is 2.41. The number of likely N-dealkylation sites (tertiary alicyclic amines) is 1. The Kier molecular flexibility index (Phi) is 10.5. The highest BCUT2D eigenvalue weighted by Crippen LogP contribution is 2.46. The normalized spacial score (nSPS) is 18.7. The van der Waals surface area contributed by atoms with E-state index in [-0.39, 0.29) is 23.6 Å². The van der Waals surface area contributed by atoms with Crippen LogP contribution < -0.4 is 21.7 Å². The van der Waals surface area contributed by atoms with Crippen LogP contribution in [0.3, 0.4) is 0 Å². The maximum absolute atomic E-state index is 14.1. The minimum Gasteiger partial charge on any atom is -0.369 e. The smallest absolute Gasteiger partial charge is 0.237 e. The van der Waals surface area contributed by atoms with Gasteiger partial charge in [-0.05, 0) is 74.0 Å². The summed E-state index contributed by atoms with van der Waals surface area (Å²) in [5.74, 6) is 0.545. The number of nitriles is 1. The van der Waals surface area contributed by atoms with E-state index in [1.54, 1.807) is 12.3 Å². The largest absolute Gasteiger partial charge is 0.369 e. The van der Waals surface area contributed by atoms with Gasteiger partial charge in [-0.25, -0.2) is 4.98 Å². The number of benzene rings is 2. The zero-order chi connectivity index (χ0) is 38.1. The molecule has 13 heteroatoms. The molecule has 54 heavy (non-hydrogen) atoms. The molecule has 2 fully saturated rings. The molecule has 0 spiro atoms. The summed E-state index contributed by atoms with van der Waals surface area (Å²) in [5.41, 5.74) is 18.5. The molecule has 0 saturated carbocycles. The number of carbonyl (C=O) groups is 3. The third kappa shape index (κ3) is 7.20. The number of carbonyl (C=O) groups excluding carboxylic acids is 3. The van der Waals surface area contributed by atoms with E-state index in [4.69, 9.17) is 11.5 Å². The van der Waals surface area contributed by atoms with Crippen molar-refractivity contribution in [2.24, 2.45) is 5.73 Å². The van der Waals surface area contributed by atoms with Gasteiger partial charge in [0.15, 0.2) is 11.7 Å². The minimum atomic E-state index is -0.562. The average Bonchev–Trinajstić information content (AvgIpc) is 3.91. The van der Waals surface area contributed by atoms with Crippen LogP contribution in [0.5, 0.6) is 0 Å². The summed E-state index contributed by atoms with van der Waals surface area (Å²) in [6, 6.07) is 11.5. The molecule has 0 bridgehead atoms. The first-order valence-corrected chi connectivity index (χ1v) is 19.3. The van der Waals surface area contributed by atoms with Gasteiger partial charge in [-0.2, -0.15) is 5.26 Å². The fraction of sp³-hybridized carbons (Fsp3) is 0.488. The predicted octanol–water partition coefficient (Wildman–Crippen LogP) is 3.68. The summed E-state index contributed by atoms with van der Waals surface area (Å²) in [6.07, 6.45) is 7.73. The van der Waals surface area contributed by atoms with E-state index in [0.29, 0.717) is 49.6 Å². The van der Waals surface area contributed by atoms with E-state index in [1.807, 2.05) is 27.8 Å². The van der Waals surface area contributed by atoms with Crippen LogP contribution in [0, 0.1) is 11.3 Å². The lowest BCUT2D eigenvalue weighted by Gasteiger charge is -2.39. The molecule has 7 rings (SSSR count). The van der Waals surface area contributed by atoms with Crippen molar-refractivity contribution < 1.29 is 14.4 Å². The van der Waals surface area contributed by atoms with E-state index >= 15 is 0 Å². The number of fused-ring (bicyclic) bond motifs is 4. The molecule has 0 unspecified atom stereocenters. The van der Waals surface area contributed by atoms with E-state index < -0.39 is 11.5 Å². The van der Waals surface area contributed by atoms with Gasteiger partial charge in [0.2, 0.25) is 11.8 Å². The van der Waals surface area contributed by atoms with Gasteiger partial charge in [0, 0.05) is 104 Å². The fourth-order valence-electron chi connectivity index (χ4n) is 8.57. The second-order valence-electron chi connectivity index (χ2n) is 15.6. The number of imidazole rings is 1. The molecule has 2 amide bonds. The molecule has 2 aromatic carbocycles. The number of anilines is 2. The quantitative estimate of drug-likeness (QED) is 0.169. The van der Waals surface area contributed by atoms with Crippen LogP contribution >= 0.6 is 0 Å². The van der Waals surface area contributed by atoms with Crippen LogP contribution in [0.4, 0.5) is 11.6 Å². The Hall–Kier alpha value is -5.19. The van der Waals surface area contributed by atoms with E-state index in [2.05, 4.69) is 64.1 Å². The number of nitrogens with zero attached hydrogens (tertiary/aromatic N) is 6. The molecule has 0 radical (unpaired) electrons. The molecule has 4 aromatic rings. The van der Waals surface area contributed by atoms with Crippen LogP contribution in [0.1, 0.15) is 91.2 Å². The Morgan fingerprint density at radius 1 is 1.11 bits per heavy atom. The number of ketones is 1. The number of nitrogen functional groups attached to an aromatic ring is 1. The second kappa shape index (κ2) is 15.3. The topological polar surface area (TPSA) is 182 Å². The van der Waals surface area contributed by atoms with Gasteiger partial charge in [0.1, 0.15) is 0 Å². The van der Waals surface area contributed by atoms with Gasteiger partial charge in [-0.3, -0.25) is 14.4 Å². The summed E-state index contributed by atoms with van der Waals surface area (Å²) in [7, 11) is 0. The number of nitrogens with one attached hydrogen (secondary N) is 2. The number of nitrogens with two attached hydrogens (primary N) is 2. The fourth-order valence-corrected chi connectivity index (χ4v) is 8.57. The van der Waals surface area contributed by atoms with Crippen molar-refractivity contribution in [2.75, 3.05) is 56.4 Å². The van der Waals surface area contributed by atoms with Crippen LogP contribution in [-0.4, -0.2) is 99.8 Å². The van der Waals surface area contributed by atoms with Crippen molar-refractivity contribution in [3.63, 3.8) is 0 Å². The number of piperazine rings is 1. The molecule has 6 N–H and O–H groups in total. The first kappa shape index (κ1) is 37.1. The van der Waals surface area contributed by atoms with Crippen molar-refractivity contribution in [1.29, 1.82) is 5.26 Å². The van der Waals surface area contributed by atoms with E-state index in [9.17, 15) is 19.6 Å². The lowest BCUT2D eigenvalue weighted by molar-refractivity contribution is -0.131. The molecular weight excluding hydrogens is 681 g/mol. The van der Waals surface area contributed by atoms with Crippen LogP contribution in [0.15, 0.2) is 42.7 Å². The summed E-state index contributed by atoms with van der Waals surface area (Å²) in [6.45, 7) is 12.4. The molecule has 2 aromatic heterocycles. The number of aromatic amines is 1. The predicted molar refractivity (Wildman–Crippen MR) is 209 cm³/mol. The van der Waals surface area contributed by atoms with Gasteiger partial charge in [-0.1, -0.05) is 26.8 Å². The number of aromatic nitrogens is 3. The molecule has 4 heterocycles. The second-order valence-corrected chi connectivity index (χ2v) is 15.6. The maximum atomic E-state index is 14.1. The first-order valence-electron chi connectivity index (χ1n) is 19.3. The average molecular weight is 733 g/mol. The van der Waals surface area contributed by atoms with E-state index in [1.165, 1.54) is 0 Å². The van der Waals surface area contributed by atoms with Gasteiger partial charge >= 0.3 is 0 Å². The standard InChI is InChI=1S/C41H52N10O3/c1-4-27-22-30-31(41(2,3)38-36(37(30)53)29-10-9-26(24-42)21-33(29)47-38)23-34(27)49-17-19-50(20-18-49)35(52)8-6-13-48-15-11-28(25-48)46-39(54)32(43)7-5-14-51-16-12-45-40(51)44/h9-10,12,16,21-23,28,32,47H,4-8,11,13-15,17-20,25,43H2,1-3H3,(H2,44,45)(H,46,54)/t28-,32+/m1/s1. The van der Waals surface area contributed by atoms with E-state index in [0.717, 1.165) is 97.4 Å². The Balaban J connectivity index is 0.891. The maximum Gasteiger partial charge on any atom is 0.237 e. The molecule has 13 nitrogen and oxygen atoms in total. The lowest BCUT2D eigenvalue weighted by atomic mass is 9.70. The van der Waals surface area contributed by atoms with Gasteiger partial charge in [0.25, 0.3) is 0 Å². The Morgan fingerprint density at radius 2 is 1.91 bits per heavy atom. The van der Waals surface area contributed by atoms with Gasteiger partial charge in [-0.15, -0.1) is 0 Å². The zero-order valence-electron chi connectivity index (χ0n) is 31.7. The van der Waals surface area contributed by atoms with Crippen molar-refractivity contribution in [1.82, 2.24) is 29.7 Å². The third-order valence-electron chi connectivity index (χ3n) is 11.8. The van der Waals surface area contributed by atoms with Crippen molar-refractivity contribution in [3.05, 3.63) is 76.2 Å². The summed E-state index contributed by atoms with van der Waals surface area (Å²) in [5, 5.41) is 13.4. The summed E-state index contributed by atoms with van der Waals surface area (Å²) in [4.78, 5) is 54.2. The van der Waals surface area contributed by atoms with Crippen molar-refractivity contribution in [2.45, 2.75) is 83.3 Å². The number of aryl methyl sites for hydroxylation is 2. The van der Waals surface area contributed by atoms with Crippen molar-refractivity contribution >= 4 is 40.1 Å². The SMILES string of the molecule is CCc1cc2c(cc1N1CCN(C(=O)CCCN3CC[C@@H](NC(=O)[C@@H](N)CCCn4ccnc4N)C3)CC1)C(C)(C)c1[nH]c3cc(C#N)ccc3c1C2=O. The number of amides is 2. The molecular formula is C41H52N10O3. The molecule has 2 atom stereocenters. The van der Waals surface area contributed by atoms with Crippen molar-refractivity contribution in [3.8, 4) is 6.07 Å². The van der Waals surface area contributed by atoms with Crippen LogP contribution in [0.2, 0.25) is 0 Å². The number of hydrogen-bond donors (Lipinski definition) is 4. The zero-order valence-corrected chi connectivity index (χ0v) is 31.7. The number of hydrogen-bond acceptors (Lipinski definition) is 9. The van der Waals surface area contributed by atoms with Crippen LogP contribution in [0.25, 0.3) is 10.9 Å². The Morgan fingerprint density at radius 3 is 2.63 bits per heavy atom. The summed E-state index contributed by atoms with van der Waals surface area (Å²) < 4.78 is 1.85. The highest BCUT2D eigenvalue weighted by atomic mass is 16.2. The Bertz CT molecular complexity index is 2100. The monoisotopic (exact) mass is 732 g/mol. The third-order valence-corrected chi connectivity index (χ3v) is 11.8. The summed E-state index contributed by atoms with van der Waals surface area (Å²) >= 11 is 0. The van der Waals surface area contributed by atoms with Gasteiger partial charge < -0.3 is 41.0 Å².